The summed E-state index contributed by atoms with van der Waals surface area (Å²) in [5.41, 5.74) is 2.82. The zero-order valence-electron chi connectivity index (χ0n) is 15.6. The third kappa shape index (κ3) is 4.52. The molecule has 3 aromatic rings. The molecular weight excluding hydrogens is 376 g/mol. The molecular formula is C21H23ClN4O2. The van der Waals surface area contributed by atoms with E-state index in [1.165, 1.54) is 0 Å². The van der Waals surface area contributed by atoms with Crippen molar-refractivity contribution >= 4 is 34.5 Å². The number of nitrogens with zero attached hydrogens (tertiary/aromatic N) is 3. The Kier molecular flexibility index (Phi) is 5.90. The van der Waals surface area contributed by atoms with Crippen molar-refractivity contribution in [3.8, 4) is 0 Å². The highest BCUT2D eigenvalue weighted by Crippen LogP contribution is 2.20. The summed E-state index contributed by atoms with van der Waals surface area (Å²) in [5.74, 6) is 0.499. The van der Waals surface area contributed by atoms with Crippen molar-refractivity contribution in [2.45, 2.75) is 13.0 Å². The lowest BCUT2D eigenvalue weighted by molar-refractivity contribution is -0.115. The van der Waals surface area contributed by atoms with Gasteiger partial charge in [-0.15, -0.1) is 0 Å². The number of aromatic nitrogens is 2. The van der Waals surface area contributed by atoms with Crippen LogP contribution >= 0.6 is 11.6 Å². The van der Waals surface area contributed by atoms with Gasteiger partial charge in [-0.25, -0.2) is 4.98 Å². The van der Waals surface area contributed by atoms with Crippen molar-refractivity contribution in [3.05, 3.63) is 59.1 Å². The van der Waals surface area contributed by atoms with Crippen molar-refractivity contribution in [3.63, 3.8) is 0 Å². The van der Waals surface area contributed by atoms with E-state index in [0.29, 0.717) is 11.0 Å². The number of halogens is 1. The Hall–Kier alpha value is -2.41. The van der Waals surface area contributed by atoms with E-state index in [-0.39, 0.29) is 12.3 Å². The van der Waals surface area contributed by atoms with E-state index in [2.05, 4.69) is 19.8 Å². The number of benzene rings is 2. The summed E-state index contributed by atoms with van der Waals surface area (Å²) < 4.78 is 7.51. The number of imidazole rings is 1. The Labute approximate surface area is 169 Å². The standard InChI is InChI=1S/C21H23ClN4O2/c22-17-7-5-16(6-8-17)15-20(27)24-21-23-18-3-1-2-4-19(18)26(21)10-9-25-11-13-28-14-12-25/h1-8H,9-15H2,(H,23,24,27). The van der Waals surface area contributed by atoms with Crippen molar-refractivity contribution < 1.29 is 9.53 Å². The predicted octanol–water partition coefficient (Wildman–Crippen LogP) is 3.20. The number of hydrogen-bond acceptors (Lipinski definition) is 4. The second kappa shape index (κ2) is 8.73. The van der Waals surface area contributed by atoms with Crippen LogP contribution in [0.1, 0.15) is 5.56 Å². The first kappa shape index (κ1) is 18.9. The fourth-order valence-electron chi connectivity index (χ4n) is 3.42. The molecule has 6 nitrogen and oxygen atoms in total. The van der Waals surface area contributed by atoms with Gasteiger partial charge >= 0.3 is 0 Å². The van der Waals surface area contributed by atoms with Crippen LogP contribution in [0.3, 0.4) is 0 Å². The lowest BCUT2D eigenvalue weighted by atomic mass is 10.1. The summed E-state index contributed by atoms with van der Waals surface area (Å²) in [5, 5.41) is 3.65. The lowest BCUT2D eigenvalue weighted by Crippen LogP contribution is -2.38. The van der Waals surface area contributed by atoms with Gasteiger partial charge in [0, 0.05) is 31.2 Å². The maximum atomic E-state index is 12.6. The molecule has 1 N–H and O–H groups in total. The average Bonchev–Trinajstić information content (AvgIpc) is 3.06. The first-order valence-corrected chi connectivity index (χ1v) is 9.86. The molecule has 0 aliphatic carbocycles. The molecule has 146 valence electrons. The van der Waals surface area contributed by atoms with Gasteiger partial charge in [-0.05, 0) is 29.8 Å². The second-order valence-corrected chi connectivity index (χ2v) is 7.32. The van der Waals surface area contributed by atoms with Gasteiger partial charge in [0.15, 0.2) is 0 Å². The van der Waals surface area contributed by atoms with Gasteiger partial charge in [-0.1, -0.05) is 35.9 Å². The summed E-state index contributed by atoms with van der Waals surface area (Å²) in [4.78, 5) is 19.6. The number of fused-ring (bicyclic) bond motifs is 1. The minimum atomic E-state index is -0.0924. The van der Waals surface area contributed by atoms with Gasteiger partial charge < -0.3 is 9.30 Å². The number of para-hydroxylation sites is 2. The molecule has 0 atom stereocenters. The number of amides is 1. The molecule has 0 unspecified atom stereocenters. The minimum absolute atomic E-state index is 0.0924. The van der Waals surface area contributed by atoms with Crippen molar-refractivity contribution in [1.82, 2.24) is 14.5 Å². The van der Waals surface area contributed by atoms with Crippen LogP contribution in [-0.2, 0) is 22.5 Å². The Balaban J connectivity index is 1.50. The van der Waals surface area contributed by atoms with E-state index in [9.17, 15) is 4.79 Å². The predicted molar refractivity (Wildman–Crippen MR) is 111 cm³/mol. The molecule has 0 saturated carbocycles. The fraction of sp³-hybridized carbons (Fsp3) is 0.333. The zero-order chi connectivity index (χ0) is 19.3. The first-order chi connectivity index (χ1) is 13.7. The maximum Gasteiger partial charge on any atom is 0.231 e. The highest BCUT2D eigenvalue weighted by atomic mass is 35.5. The average molecular weight is 399 g/mol. The van der Waals surface area contributed by atoms with Crippen LogP contribution in [-0.4, -0.2) is 53.2 Å². The number of hydrogen-bond donors (Lipinski definition) is 1. The Morgan fingerprint density at radius 3 is 2.61 bits per heavy atom. The third-order valence-electron chi connectivity index (χ3n) is 4.93. The highest BCUT2D eigenvalue weighted by molar-refractivity contribution is 6.30. The van der Waals surface area contributed by atoms with Gasteiger partial charge in [0.2, 0.25) is 11.9 Å². The highest BCUT2D eigenvalue weighted by Gasteiger charge is 2.16. The van der Waals surface area contributed by atoms with Crippen LogP contribution in [0.25, 0.3) is 11.0 Å². The van der Waals surface area contributed by atoms with E-state index in [4.69, 9.17) is 16.3 Å². The summed E-state index contributed by atoms with van der Waals surface area (Å²) in [7, 11) is 0. The van der Waals surface area contributed by atoms with Crippen molar-refractivity contribution in [2.24, 2.45) is 0 Å². The second-order valence-electron chi connectivity index (χ2n) is 6.88. The number of rotatable bonds is 6. The molecule has 1 aromatic heterocycles. The van der Waals surface area contributed by atoms with Gasteiger partial charge in [0.1, 0.15) is 0 Å². The third-order valence-corrected chi connectivity index (χ3v) is 5.18. The topological polar surface area (TPSA) is 59.4 Å². The quantitative estimate of drug-likeness (QED) is 0.692. The lowest BCUT2D eigenvalue weighted by Gasteiger charge is -2.26. The van der Waals surface area contributed by atoms with Crippen LogP contribution in [0.15, 0.2) is 48.5 Å². The zero-order valence-corrected chi connectivity index (χ0v) is 16.4. The largest absolute Gasteiger partial charge is 0.379 e. The summed E-state index contributed by atoms with van der Waals surface area (Å²) in [6, 6.07) is 15.3. The number of nitrogens with one attached hydrogen (secondary N) is 1. The molecule has 0 bridgehead atoms. The maximum absolute atomic E-state index is 12.6. The van der Waals surface area contributed by atoms with Gasteiger partial charge in [0.25, 0.3) is 0 Å². The van der Waals surface area contributed by atoms with E-state index in [0.717, 1.165) is 56.0 Å². The van der Waals surface area contributed by atoms with E-state index in [1.807, 2.05) is 36.4 Å². The molecule has 7 heteroatoms. The number of carbonyl (C=O) groups excluding carboxylic acids is 1. The Morgan fingerprint density at radius 2 is 1.82 bits per heavy atom. The van der Waals surface area contributed by atoms with Crippen LogP contribution in [0.2, 0.25) is 5.02 Å². The monoisotopic (exact) mass is 398 g/mol. The SMILES string of the molecule is O=C(Cc1ccc(Cl)cc1)Nc1nc2ccccc2n1CCN1CCOCC1. The fourth-order valence-corrected chi connectivity index (χ4v) is 3.55. The molecule has 1 amide bonds. The number of morpholine rings is 1. The summed E-state index contributed by atoms with van der Waals surface area (Å²) >= 11 is 5.92. The molecule has 1 aliphatic rings. The number of anilines is 1. The van der Waals surface area contributed by atoms with Crippen LogP contribution in [0.5, 0.6) is 0 Å². The van der Waals surface area contributed by atoms with E-state index < -0.39 is 0 Å². The molecule has 0 radical (unpaired) electrons. The molecule has 1 aliphatic heterocycles. The molecule has 1 saturated heterocycles. The minimum Gasteiger partial charge on any atom is -0.379 e. The van der Waals surface area contributed by atoms with Crippen LogP contribution in [0.4, 0.5) is 5.95 Å². The molecule has 4 rings (SSSR count). The Morgan fingerprint density at radius 1 is 1.07 bits per heavy atom. The summed E-state index contributed by atoms with van der Waals surface area (Å²) in [6.07, 6.45) is 0.282. The normalized spacial score (nSPS) is 15.0. The van der Waals surface area contributed by atoms with Crippen molar-refractivity contribution in [1.29, 1.82) is 0 Å². The van der Waals surface area contributed by atoms with Crippen LogP contribution in [0, 0.1) is 0 Å². The van der Waals surface area contributed by atoms with Crippen molar-refractivity contribution in [2.75, 3.05) is 38.2 Å². The summed E-state index contributed by atoms with van der Waals surface area (Å²) in [6.45, 7) is 5.07. The molecule has 2 heterocycles. The van der Waals surface area contributed by atoms with Gasteiger partial charge in [-0.3, -0.25) is 15.0 Å². The van der Waals surface area contributed by atoms with Crippen LogP contribution < -0.4 is 5.32 Å². The molecule has 2 aromatic carbocycles. The van der Waals surface area contributed by atoms with Gasteiger partial charge in [0.05, 0.1) is 30.7 Å². The number of ether oxygens (including phenoxy) is 1. The molecule has 28 heavy (non-hydrogen) atoms. The number of carbonyl (C=O) groups is 1. The van der Waals surface area contributed by atoms with E-state index >= 15 is 0 Å². The first-order valence-electron chi connectivity index (χ1n) is 9.49. The Bertz CT molecular complexity index is 949. The van der Waals surface area contributed by atoms with E-state index in [1.54, 1.807) is 12.1 Å². The van der Waals surface area contributed by atoms with Gasteiger partial charge in [-0.2, -0.15) is 0 Å². The smallest absolute Gasteiger partial charge is 0.231 e. The molecule has 0 spiro atoms. The molecule has 1 fully saturated rings.